The number of nitrogens with one attached hydrogen (secondary N) is 2. The van der Waals surface area contributed by atoms with Crippen LogP contribution >= 0.6 is 11.6 Å². The number of halogens is 1. The Bertz CT molecular complexity index is 1170. The summed E-state index contributed by atoms with van der Waals surface area (Å²) in [5.41, 5.74) is 10.7. The second-order valence-corrected chi connectivity index (χ2v) is 6.98. The van der Waals surface area contributed by atoms with Crippen LogP contribution < -0.4 is 11.1 Å². The van der Waals surface area contributed by atoms with Gasteiger partial charge >= 0.3 is 0 Å². The van der Waals surface area contributed by atoms with Gasteiger partial charge < -0.3 is 11.1 Å². The molecule has 0 aliphatic carbocycles. The van der Waals surface area contributed by atoms with Crippen molar-refractivity contribution < 1.29 is 4.79 Å². The normalized spacial score (nSPS) is 12.1. The number of carbonyl (C=O) groups is 1. The molecule has 4 N–H and O–H groups in total. The average Bonchev–Trinajstić information content (AvgIpc) is 3.17. The predicted octanol–water partition coefficient (Wildman–Crippen LogP) is 4.55. The molecule has 0 saturated carbocycles. The van der Waals surface area contributed by atoms with Crippen LogP contribution in [0.25, 0.3) is 22.2 Å². The maximum absolute atomic E-state index is 12.9. The number of nitrogens with two attached hydrogens (primary N) is 1. The molecular formula is C21H18ClN5O. The highest BCUT2D eigenvalue weighted by Crippen LogP contribution is 2.30. The summed E-state index contributed by atoms with van der Waals surface area (Å²) < 4.78 is 0. The highest BCUT2D eigenvalue weighted by molar-refractivity contribution is 6.30. The van der Waals surface area contributed by atoms with Gasteiger partial charge in [0, 0.05) is 22.8 Å². The molecule has 140 valence electrons. The number of pyridine rings is 1. The van der Waals surface area contributed by atoms with Crippen LogP contribution in [0.1, 0.15) is 28.9 Å². The van der Waals surface area contributed by atoms with Crippen LogP contribution in [0.5, 0.6) is 0 Å². The molecule has 1 unspecified atom stereocenters. The van der Waals surface area contributed by atoms with Crippen molar-refractivity contribution in [1.82, 2.24) is 15.2 Å². The lowest BCUT2D eigenvalue weighted by Crippen LogP contribution is -2.14. The molecular weight excluding hydrogens is 374 g/mol. The van der Waals surface area contributed by atoms with Crippen LogP contribution in [0.2, 0.25) is 5.02 Å². The third-order valence-electron chi connectivity index (χ3n) is 4.54. The molecule has 0 aliphatic rings. The number of H-pyrrole nitrogens is 1. The second-order valence-electron chi connectivity index (χ2n) is 6.55. The van der Waals surface area contributed by atoms with Gasteiger partial charge in [0.1, 0.15) is 0 Å². The number of nitrogens with zero attached hydrogens (tertiary/aromatic N) is 2. The summed E-state index contributed by atoms with van der Waals surface area (Å²) in [6.07, 6.45) is 3.25. The van der Waals surface area contributed by atoms with Crippen molar-refractivity contribution in [3.05, 3.63) is 77.1 Å². The van der Waals surface area contributed by atoms with Crippen LogP contribution in [-0.2, 0) is 0 Å². The van der Waals surface area contributed by atoms with E-state index in [-0.39, 0.29) is 11.9 Å². The van der Waals surface area contributed by atoms with Crippen LogP contribution in [-0.4, -0.2) is 21.1 Å². The van der Waals surface area contributed by atoms with Gasteiger partial charge in [0.05, 0.1) is 17.3 Å². The Morgan fingerprint density at radius 2 is 2.07 bits per heavy atom. The van der Waals surface area contributed by atoms with E-state index in [0.717, 1.165) is 22.1 Å². The molecule has 6 nitrogen and oxygen atoms in total. The number of aromatic nitrogens is 3. The molecule has 0 radical (unpaired) electrons. The number of rotatable bonds is 4. The Kier molecular flexibility index (Phi) is 4.81. The molecule has 7 heteroatoms. The maximum atomic E-state index is 12.9. The Balaban J connectivity index is 1.73. The van der Waals surface area contributed by atoms with Crippen molar-refractivity contribution in [2.45, 2.75) is 13.0 Å². The quantitative estimate of drug-likeness (QED) is 0.475. The highest BCUT2D eigenvalue weighted by atomic mass is 35.5. The number of carbonyl (C=O) groups excluding carboxylic acids is 1. The maximum Gasteiger partial charge on any atom is 0.255 e. The van der Waals surface area contributed by atoms with Gasteiger partial charge in [-0.05, 0) is 53.9 Å². The number of hydrogen-bond acceptors (Lipinski definition) is 4. The van der Waals surface area contributed by atoms with Crippen LogP contribution in [0.15, 0.2) is 60.9 Å². The molecule has 2 aromatic carbocycles. The lowest BCUT2D eigenvalue weighted by Gasteiger charge is -2.15. The van der Waals surface area contributed by atoms with Gasteiger partial charge in [-0.1, -0.05) is 29.8 Å². The number of hydrogen-bond donors (Lipinski definition) is 3. The van der Waals surface area contributed by atoms with Crippen molar-refractivity contribution in [2.75, 3.05) is 5.32 Å². The molecule has 0 spiro atoms. The third-order valence-corrected chi connectivity index (χ3v) is 4.78. The van der Waals surface area contributed by atoms with E-state index in [1.165, 1.54) is 0 Å². The molecule has 4 aromatic rings. The standard InChI is InChI=1S/C21H18ClN5O/c1-12(23)16-6-5-14(10-17(16)13-3-2-4-15(22)9-13)21(28)26-19-7-8-24-20-18(19)11-25-27-20/h2-12H,23H2,1H3,(H2,24,25,26,27,28). The van der Waals surface area contributed by atoms with E-state index in [0.29, 0.717) is 21.9 Å². The fourth-order valence-electron chi connectivity index (χ4n) is 3.16. The smallest absolute Gasteiger partial charge is 0.255 e. The van der Waals surface area contributed by atoms with E-state index in [1.807, 2.05) is 43.3 Å². The molecule has 1 amide bonds. The highest BCUT2D eigenvalue weighted by Gasteiger charge is 2.15. The molecule has 1 atom stereocenters. The first-order valence-electron chi connectivity index (χ1n) is 8.78. The first-order chi connectivity index (χ1) is 13.5. The van der Waals surface area contributed by atoms with Crippen LogP contribution in [0, 0.1) is 0 Å². The third kappa shape index (κ3) is 3.47. The summed E-state index contributed by atoms with van der Waals surface area (Å²) in [6, 6.07) is 14.6. The van der Waals surface area contributed by atoms with Gasteiger partial charge in [0.15, 0.2) is 5.65 Å². The van der Waals surface area contributed by atoms with E-state index in [1.54, 1.807) is 24.5 Å². The molecule has 0 bridgehead atoms. The molecule has 2 aromatic heterocycles. The van der Waals surface area contributed by atoms with Crippen molar-refractivity contribution >= 4 is 34.2 Å². The van der Waals surface area contributed by atoms with Gasteiger partial charge in [0.25, 0.3) is 5.91 Å². The Hall–Kier alpha value is -3.22. The van der Waals surface area contributed by atoms with E-state index in [9.17, 15) is 4.79 Å². The van der Waals surface area contributed by atoms with E-state index in [4.69, 9.17) is 17.3 Å². The zero-order valence-corrected chi connectivity index (χ0v) is 15.9. The average molecular weight is 392 g/mol. The minimum atomic E-state index is -0.229. The molecule has 0 saturated heterocycles. The second kappa shape index (κ2) is 7.42. The fourth-order valence-corrected chi connectivity index (χ4v) is 3.35. The van der Waals surface area contributed by atoms with Crippen molar-refractivity contribution in [1.29, 1.82) is 0 Å². The first-order valence-corrected chi connectivity index (χ1v) is 9.15. The van der Waals surface area contributed by atoms with Gasteiger partial charge in [-0.15, -0.1) is 0 Å². The van der Waals surface area contributed by atoms with Gasteiger partial charge in [-0.2, -0.15) is 5.10 Å². The Morgan fingerprint density at radius 1 is 1.21 bits per heavy atom. The van der Waals surface area contributed by atoms with Crippen LogP contribution in [0.3, 0.4) is 0 Å². The van der Waals surface area contributed by atoms with E-state index >= 15 is 0 Å². The lowest BCUT2D eigenvalue weighted by atomic mass is 9.93. The minimum Gasteiger partial charge on any atom is -0.324 e. The SMILES string of the molecule is CC(N)c1ccc(C(=O)Nc2ccnc3[nH]ncc23)cc1-c1cccc(Cl)c1. The number of amides is 1. The van der Waals surface area contributed by atoms with Crippen molar-refractivity contribution in [2.24, 2.45) is 5.73 Å². The van der Waals surface area contributed by atoms with Crippen molar-refractivity contribution in [3.8, 4) is 11.1 Å². The molecule has 4 rings (SSSR count). The summed E-state index contributed by atoms with van der Waals surface area (Å²) in [5.74, 6) is -0.229. The lowest BCUT2D eigenvalue weighted by molar-refractivity contribution is 0.102. The van der Waals surface area contributed by atoms with Gasteiger partial charge in [-0.3, -0.25) is 9.89 Å². The minimum absolute atomic E-state index is 0.183. The number of anilines is 1. The summed E-state index contributed by atoms with van der Waals surface area (Å²) in [6.45, 7) is 1.91. The molecule has 28 heavy (non-hydrogen) atoms. The summed E-state index contributed by atoms with van der Waals surface area (Å²) in [4.78, 5) is 17.1. The van der Waals surface area contributed by atoms with Crippen molar-refractivity contribution in [3.63, 3.8) is 0 Å². The monoisotopic (exact) mass is 391 g/mol. The topological polar surface area (TPSA) is 96.7 Å². The largest absolute Gasteiger partial charge is 0.324 e. The van der Waals surface area contributed by atoms with Crippen LogP contribution in [0.4, 0.5) is 5.69 Å². The fraction of sp³-hybridized carbons (Fsp3) is 0.0952. The Morgan fingerprint density at radius 3 is 2.86 bits per heavy atom. The first kappa shape index (κ1) is 18.2. The number of fused-ring (bicyclic) bond motifs is 1. The molecule has 0 fully saturated rings. The zero-order chi connectivity index (χ0) is 19.7. The summed E-state index contributed by atoms with van der Waals surface area (Å²) >= 11 is 6.16. The predicted molar refractivity (Wildman–Crippen MR) is 111 cm³/mol. The molecule has 0 aliphatic heterocycles. The summed E-state index contributed by atoms with van der Waals surface area (Å²) in [5, 5.41) is 11.1. The zero-order valence-electron chi connectivity index (χ0n) is 15.1. The number of benzene rings is 2. The van der Waals surface area contributed by atoms with Gasteiger partial charge in [0.2, 0.25) is 0 Å². The van der Waals surface area contributed by atoms with E-state index in [2.05, 4.69) is 20.5 Å². The molecule has 2 heterocycles. The number of aromatic amines is 1. The summed E-state index contributed by atoms with van der Waals surface area (Å²) in [7, 11) is 0. The van der Waals surface area contributed by atoms with Gasteiger partial charge in [-0.25, -0.2) is 4.98 Å². The van der Waals surface area contributed by atoms with E-state index < -0.39 is 0 Å². The Labute approximate surface area is 166 Å².